The Balaban J connectivity index is 1.48. The van der Waals surface area contributed by atoms with E-state index in [2.05, 4.69) is 75.5 Å². The number of hydrogen-bond acceptors (Lipinski definition) is 2. The van der Waals surface area contributed by atoms with E-state index in [9.17, 15) is 10.5 Å². The van der Waals surface area contributed by atoms with Crippen molar-refractivity contribution in [2.24, 2.45) is 0 Å². The highest BCUT2D eigenvalue weighted by molar-refractivity contribution is 6.37. The van der Waals surface area contributed by atoms with E-state index in [0.29, 0.717) is 16.1 Å². The van der Waals surface area contributed by atoms with Gasteiger partial charge in [0, 0.05) is 102 Å². The molecule has 7 heteroatoms. The first-order chi connectivity index (χ1) is 23.5. The standard InChI is InChI=1S/C41H25ClN6/c1-22-4-2-5-28-32(21-48-41(22)28)39-27(31-19-46-36-7-3-6-34(42)40(31)36)12-11-26(30-18-47-37-15-24(17-44)8-10-25(30)37)38(39)33-20-45-35-13-9-23(16-43)14-29(33)35/h2-15,18-21,45-48H,1H3. The molecule has 0 aliphatic heterocycles. The van der Waals surface area contributed by atoms with Crippen molar-refractivity contribution in [2.75, 3.05) is 0 Å². The summed E-state index contributed by atoms with van der Waals surface area (Å²) < 4.78 is 0. The monoisotopic (exact) mass is 636 g/mol. The van der Waals surface area contributed by atoms with E-state index >= 15 is 0 Å². The van der Waals surface area contributed by atoms with Gasteiger partial charge in [0.2, 0.25) is 0 Å². The Morgan fingerprint density at radius 1 is 0.521 bits per heavy atom. The van der Waals surface area contributed by atoms with Crippen LogP contribution in [0.15, 0.2) is 110 Å². The molecule has 0 atom stereocenters. The van der Waals surface area contributed by atoms with Crippen LogP contribution in [0.2, 0.25) is 5.02 Å². The molecular formula is C41H25ClN6. The number of aryl methyl sites for hydroxylation is 1. The normalized spacial score (nSPS) is 11.5. The molecule has 226 valence electrons. The summed E-state index contributed by atoms with van der Waals surface area (Å²) in [4.78, 5) is 13.9. The number of para-hydroxylation sites is 1. The third kappa shape index (κ3) is 4.04. The second kappa shape index (κ2) is 10.5. The van der Waals surface area contributed by atoms with E-state index < -0.39 is 0 Å². The molecule has 0 unspecified atom stereocenters. The van der Waals surface area contributed by atoms with Crippen LogP contribution < -0.4 is 0 Å². The van der Waals surface area contributed by atoms with Crippen LogP contribution in [0.3, 0.4) is 0 Å². The van der Waals surface area contributed by atoms with Crippen LogP contribution in [0.1, 0.15) is 16.7 Å². The summed E-state index contributed by atoms with van der Waals surface area (Å²) in [6.45, 7) is 2.12. The number of nitriles is 2. The third-order valence-corrected chi connectivity index (χ3v) is 9.84. The lowest BCUT2D eigenvalue weighted by molar-refractivity contribution is 1.42. The highest BCUT2D eigenvalue weighted by atomic mass is 35.5. The van der Waals surface area contributed by atoms with E-state index in [1.165, 1.54) is 0 Å². The lowest BCUT2D eigenvalue weighted by Gasteiger charge is -2.20. The van der Waals surface area contributed by atoms with Gasteiger partial charge in [0.25, 0.3) is 0 Å². The quantitative estimate of drug-likeness (QED) is 0.154. The highest BCUT2D eigenvalue weighted by Crippen LogP contribution is 2.51. The first-order valence-corrected chi connectivity index (χ1v) is 15.9. The van der Waals surface area contributed by atoms with E-state index in [0.717, 1.165) is 93.7 Å². The van der Waals surface area contributed by atoms with Gasteiger partial charge >= 0.3 is 0 Å². The smallest absolute Gasteiger partial charge is 0.0992 e. The van der Waals surface area contributed by atoms with Crippen molar-refractivity contribution in [1.29, 1.82) is 10.5 Å². The Kier molecular flexibility index (Phi) is 6.10. The first-order valence-electron chi connectivity index (χ1n) is 15.6. The summed E-state index contributed by atoms with van der Waals surface area (Å²) in [5, 5.41) is 24.2. The Labute approximate surface area is 279 Å². The summed E-state index contributed by atoms with van der Waals surface area (Å²) in [6.07, 6.45) is 8.20. The van der Waals surface area contributed by atoms with Gasteiger partial charge in [-0.25, -0.2) is 0 Å². The Morgan fingerprint density at radius 3 is 2.00 bits per heavy atom. The predicted octanol–water partition coefficient (Wildman–Crippen LogP) is 11.0. The van der Waals surface area contributed by atoms with E-state index in [1.807, 2.05) is 73.2 Å². The number of nitrogens with zero attached hydrogens (tertiary/aromatic N) is 2. The fourth-order valence-corrected chi connectivity index (χ4v) is 7.57. The van der Waals surface area contributed by atoms with Crippen molar-refractivity contribution in [3.8, 4) is 56.6 Å². The van der Waals surface area contributed by atoms with Gasteiger partial charge in [0.15, 0.2) is 0 Å². The molecule has 4 N–H and O–H groups in total. The van der Waals surface area contributed by atoms with Gasteiger partial charge in [-0.05, 0) is 66.1 Å². The average molecular weight is 637 g/mol. The maximum absolute atomic E-state index is 9.90. The second-order valence-electron chi connectivity index (χ2n) is 12.1. The van der Waals surface area contributed by atoms with E-state index in [1.54, 1.807) is 0 Å². The van der Waals surface area contributed by atoms with Crippen molar-refractivity contribution in [3.05, 3.63) is 131 Å². The maximum atomic E-state index is 9.90. The van der Waals surface area contributed by atoms with Gasteiger partial charge < -0.3 is 19.9 Å². The molecule has 0 aliphatic carbocycles. The maximum Gasteiger partial charge on any atom is 0.0992 e. The second-order valence-corrected chi connectivity index (χ2v) is 12.5. The van der Waals surface area contributed by atoms with Crippen LogP contribution in [-0.4, -0.2) is 19.9 Å². The first kappa shape index (κ1) is 27.8. The zero-order valence-electron chi connectivity index (χ0n) is 25.7. The van der Waals surface area contributed by atoms with Gasteiger partial charge in [-0.3, -0.25) is 0 Å². The molecule has 0 fully saturated rings. The number of benzene rings is 5. The van der Waals surface area contributed by atoms with Crippen LogP contribution in [0.5, 0.6) is 0 Å². The lowest BCUT2D eigenvalue weighted by Crippen LogP contribution is -1.94. The molecule has 4 aromatic heterocycles. The number of aromatic nitrogens is 4. The van der Waals surface area contributed by atoms with E-state index in [4.69, 9.17) is 11.6 Å². The van der Waals surface area contributed by atoms with Crippen molar-refractivity contribution in [2.45, 2.75) is 6.92 Å². The molecule has 0 spiro atoms. The largest absolute Gasteiger partial charge is 0.361 e. The summed E-state index contributed by atoms with van der Waals surface area (Å²) in [6, 6.07) is 32.8. The molecule has 0 saturated heterocycles. The molecule has 9 aromatic rings. The van der Waals surface area contributed by atoms with Crippen molar-refractivity contribution in [1.82, 2.24) is 19.9 Å². The highest BCUT2D eigenvalue weighted by Gasteiger charge is 2.26. The van der Waals surface area contributed by atoms with Gasteiger partial charge in [-0.2, -0.15) is 10.5 Å². The zero-order chi connectivity index (χ0) is 32.5. The number of rotatable bonds is 4. The third-order valence-electron chi connectivity index (χ3n) is 9.52. The van der Waals surface area contributed by atoms with Crippen LogP contribution in [0.25, 0.3) is 88.1 Å². The lowest BCUT2D eigenvalue weighted by atomic mass is 9.82. The molecule has 0 aliphatic rings. The van der Waals surface area contributed by atoms with Gasteiger partial charge in [0.1, 0.15) is 0 Å². The average Bonchev–Trinajstić information content (AvgIpc) is 3.92. The molecule has 0 bridgehead atoms. The molecule has 6 nitrogen and oxygen atoms in total. The molecule has 9 rings (SSSR count). The summed E-state index contributed by atoms with van der Waals surface area (Å²) in [5.74, 6) is 0. The fraction of sp³-hybridized carbons (Fsp3) is 0.0244. The number of aromatic amines is 4. The summed E-state index contributed by atoms with van der Waals surface area (Å²) in [5.41, 5.74) is 14.3. The zero-order valence-corrected chi connectivity index (χ0v) is 26.4. The Morgan fingerprint density at radius 2 is 1.17 bits per heavy atom. The molecule has 0 radical (unpaired) electrons. The number of halogens is 1. The van der Waals surface area contributed by atoms with Crippen molar-refractivity contribution < 1.29 is 0 Å². The van der Waals surface area contributed by atoms with Gasteiger partial charge in [0.05, 0.1) is 28.3 Å². The Bertz CT molecular complexity index is 2850. The molecular weight excluding hydrogens is 612 g/mol. The minimum absolute atomic E-state index is 0.588. The van der Waals surface area contributed by atoms with Crippen LogP contribution in [0, 0.1) is 29.6 Å². The minimum Gasteiger partial charge on any atom is -0.361 e. The van der Waals surface area contributed by atoms with Crippen LogP contribution in [-0.2, 0) is 0 Å². The number of H-pyrrole nitrogens is 4. The van der Waals surface area contributed by atoms with Crippen molar-refractivity contribution >= 4 is 55.2 Å². The van der Waals surface area contributed by atoms with Gasteiger partial charge in [-0.1, -0.05) is 54.1 Å². The molecule has 4 heterocycles. The molecule has 0 amide bonds. The SMILES string of the molecule is Cc1cccc2c(-c3c(-c4c[nH]c5cccc(Cl)c45)ccc(-c4c[nH]c5cc(C#N)ccc45)c3-c3c[nH]c4ccc(C#N)cc34)c[nH]c12. The van der Waals surface area contributed by atoms with Crippen molar-refractivity contribution in [3.63, 3.8) is 0 Å². The number of nitrogens with one attached hydrogen (secondary N) is 4. The fourth-order valence-electron chi connectivity index (χ4n) is 7.29. The number of hydrogen-bond donors (Lipinski definition) is 4. The predicted molar refractivity (Wildman–Crippen MR) is 195 cm³/mol. The van der Waals surface area contributed by atoms with Crippen LogP contribution in [0.4, 0.5) is 0 Å². The topological polar surface area (TPSA) is 111 Å². The summed E-state index contributed by atoms with van der Waals surface area (Å²) >= 11 is 6.91. The Hall–Kier alpha value is -6.47. The summed E-state index contributed by atoms with van der Waals surface area (Å²) in [7, 11) is 0. The van der Waals surface area contributed by atoms with E-state index in [-0.39, 0.29) is 0 Å². The van der Waals surface area contributed by atoms with Crippen LogP contribution >= 0.6 is 11.6 Å². The minimum atomic E-state index is 0.588. The molecule has 5 aromatic carbocycles. The number of fused-ring (bicyclic) bond motifs is 4. The van der Waals surface area contributed by atoms with Gasteiger partial charge in [-0.15, -0.1) is 0 Å². The molecule has 0 saturated carbocycles. The molecule has 48 heavy (non-hydrogen) atoms.